The number of hydrogen-bond donors (Lipinski definition) is 2. The predicted molar refractivity (Wildman–Crippen MR) is 78.1 cm³/mol. The summed E-state index contributed by atoms with van der Waals surface area (Å²) < 4.78 is 5.16. The molecule has 0 bridgehead atoms. The molecule has 0 aromatic carbocycles. The third kappa shape index (κ3) is 15.3. The van der Waals surface area contributed by atoms with Crippen molar-refractivity contribution in [2.24, 2.45) is 0 Å². The summed E-state index contributed by atoms with van der Waals surface area (Å²) in [4.78, 5) is 11.4. The van der Waals surface area contributed by atoms with Gasteiger partial charge in [-0.15, -0.1) is 0 Å². The third-order valence-electron chi connectivity index (χ3n) is 3.03. The van der Waals surface area contributed by atoms with Gasteiger partial charge in [-0.1, -0.05) is 45.4 Å². The molecule has 0 aliphatic rings. The van der Waals surface area contributed by atoms with Crippen LogP contribution in [-0.4, -0.2) is 37.4 Å². The Morgan fingerprint density at radius 3 is 2.37 bits per heavy atom. The average molecular weight is 273 g/mol. The van der Waals surface area contributed by atoms with Crippen LogP contribution in [0.3, 0.4) is 0 Å². The highest BCUT2D eigenvalue weighted by Gasteiger charge is 2.01. The van der Waals surface area contributed by atoms with Crippen LogP contribution in [0.1, 0.15) is 64.7 Å². The number of unbranched alkanes of at least 4 members (excludes halogenated alkanes) is 6. The van der Waals surface area contributed by atoms with E-state index in [1.807, 2.05) is 0 Å². The highest BCUT2D eigenvalue weighted by molar-refractivity contribution is 5.69. The van der Waals surface area contributed by atoms with Gasteiger partial charge in [0.05, 0.1) is 13.2 Å². The van der Waals surface area contributed by atoms with Gasteiger partial charge in [0, 0.05) is 13.0 Å². The molecular formula is C15H31NO3. The zero-order valence-corrected chi connectivity index (χ0v) is 12.5. The van der Waals surface area contributed by atoms with Crippen LogP contribution in [-0.2, 0) is 9.53 Å². The lowest BCUT2D eigenvalue weighted by Gasteiger charge is -2.05. The van der Waals surface area contributed by atoms with Crippen LogP contribution in [0, 0.1) is 0 Å². The number of carbonyl (C=O) groups excluding carboxylic acids is 1. The molecule has 0 radical (unpaired) electrons. The van der Waals surface area contributed by atoms with Gasteiger partial charge in [0.15, 0.2) is 0 Å². The number of aliphatic hydroxyl groups is 1. The van der Waals surface area contributed by atoms with Crippen LogP contribution in [0.25, 0.3) is 0 Å². The summed E-state index contributed by atoms with van der Waals surface area (Å²) in [5.74, 6) is -0.100. The second kappa shape index (κ2) is 15.4. The molecule has 0 aromatic heterocycles. The Morgan fingerprint density at radius 2 is 1.68 bits per heavy atom. The first-order chi connectivity index (χ1) is 9.31. The van der Waals surface area contributed by atoms with Crippen molar-refractivity contribution in [1.29, 1.82) is 0 Å². The maximum absolute atomic E-state index is 11.4. The Kier molecular flexibility index (Phi) is 15.0. The lowest BCUT2D eigenvalue weighted by Crippen LogP contribution is -2.20. The third-order valence-corrected chi connectivity index (χ3v) is 3.03. The van der Waals surface area contributed by atoms with Crippen LogP contribution < -0.4 is 5.32 Å². The van der Waals surface area contributed by atoms with Gasteiger partial charge in [-0.05, 0) is 19.4 Å². The fourth-order valence-electron chi connectivity index (χ4n) is 1.88. The minimum atomic E-state index is -0.100. The largest absolute Gasteiger partial charge is 0.466 e. The Bertz CT molecular complexity index is 198. The number of esters is 1. The molecule has 0 saturated carbocycles. The molecule has 0 unspecified atom stereocenters. The number of carbonyl (C=O) groups is 1. The summed E-state index contributed by atoms with van der Waals surface area (Å²) >= 11 is 0. The molecule has 0 saturated heterocycles. The quantitative estimate of drug-likeness (QED) is 0.377. The predicted octanol–water partition coefficient (Wildman–Crippen LogP) is 2.64. The molecule has 0 atom stereocenters. The van der Waals surface area contributed by atoms with E-state index in [0.29, 0.717) is 19.6 Å². The topological polar surface area (TPSA) is 58.6 Å². The molecule has 114 valence electrons. The highest BCUT2D eigenvalue weighted by Crippen LogP contribution is 2.07. The van der Waals surface area contributed by atoms with Crippen LogP contribution in [0.5, 0.6) is 0 Å². The SMILES string of the molecule is CCCCCCCCCOC(=O)CCCNCCO. The fourth-order valence-corrected chi connectivity index (χ4v) is 1.88. The van der Waals surface area contributed by atoms with E-state index in [-0.39, 0.29) is 12.6 Å². The van der Waals surface area contributed by atoms with Gasteiger partial charge in [-0.2, -0.15) is 0 Å². The van der Waals surface area contributed by atoms with E-state index >= 15 is 0 Å². The van der Waals surface area contributed by atoms with E-state index < -0.39 is 0 Å². The van der Waals surface area contributed by atoms with E-state index in [1.54, 1.807) is 0 Å². The second-order valence-corrected chi connectivity index (χ2v) is 4.92. The molecule has 0 aromatic rings. The lowest BCUT2D eigenvalue weighted by molar-refractivity contribution is -0.143. The molecule has 0 heterocycles. The molecule has 4 heteroatoms. The molecule has 19 heavy (non-hydrogen) atoms. The van der Waals surface area contributed by atoms with Gasteiger partial charge in [-0.25, -0.2) is 0 Å². The first-order valence-electron chi connectivity index (χ1n) is 7.78. The molecule has 4 nitrogen and oxygen atoms in total. The number of rotatable bonds is 14. The number of hydrogen-bond acceptors (Lipinski definition) is 4. The Hall–Kier alpha value is -0.610. The van der Waals surface area contributed by atoms with Crippen molar-refractivity contribution in [1.82, 2.24) is 5.32 Å². The lowest BCUT2D eigenvalue weighted by atomic mass is 10.1. The Balaban J connectivity index is 3.12. The number of ether oxygens (including phenoxy) is 1. The van der Waals surface area contributed by atoms with Crippen molar-refractivity contribution in [2.75, 3.05) is 26.3 Å². The monoisotopic (exact) mass is 273 g/mol. The van der Waals surface area contributed by atoms with E-state index in [9.17, 15) is 4.79 Å². The van der Waals surface area contributed by atoms with Gasteiger partial charge in [0.25, 0.3) is 0 Å². The second-order valence-electron chi connectivity index (χ2n) is 4.92. The zero-order valence-electron chi connectivity index (χ0n) is 12.5. The molecule has 0 amide bonds. The first kappa shape index (κ1) is 18.4. The van der Waals surface area contributed by atoms with Gasteiger partial charge in [0.2, 0.25) is 0 Å². The zero-order chi connectivity index (χ0) is 14.2. The Labute approximate surface area is 117 Å². The van der Waals surface area contributed by atoms with Crippen molar-refractivity contribution < 1.29 is 14.6 Å². The van der Waals surface area contributed by atoms with Gasteiger partial charge in [0.1, 0.15) is 0 Å². The summed E-state index contributed by atoms with van der Waals surface area (Å²) in [6.45, 7) is 4.28. The van der Waals surface area contributed by atoms with Crippen LogP contribution in [0.2, 0.25) is 0 Å². The van der Waals surface area contributed by atoms with Gasteiger partial charge < -0.3 is 15.2 Å². The van der Waals surface area contributed by atoms with Crippen molar-refractivity contribution in [2.45, 2.75) is 64.7 Å². The molecular weight excluding hydrogens is 242 g/mol. The summed E-state index contributed by atoms with van der Waals surface area (Å²) in [6, 6.07) is 0. The van der Waals surface area contributed by atoms with Crippen molar-refractivity contribution in [3.63, 3.8) is 0 Å². The summed E-state index contributed by atoms with van der Waals surface area (Å²) in [7, 11) is 0. The average Bonchev–Trinajstić information content (AvgIpc) is 2.41. The van der Waals surface area contributed by atoms with Gasteiger partial charge in [-0.3, -0.25) is 4.79 Å². The maximum Gasteiger partial charge on any atom is 0.305 e. The summed E-state index contributed by atoms with van der Waals surface area (Å²) in [5.41, 5.74) is 0. The van der Waals surface area contributed by atoms with Crippen LogP contribution in [0.15, 0.2) is 0 Å². The highest BCUT2D eigenvalue weighted by atomic mass is 16.5. The van der Waals surface area contributed by atoms with E-state index in [1.165, 1.54) is 32.1 Å². The minimum Gasteiger partial charge on any atom is -0.466 e. The summed E-state index contributed by atoms with van der Waals surface area (Å²) in [5, 5.41) is 11.6. The number of aliphatic hydroxyl groups excluding tert-OH is 1. The van der Waals surface area contributed by atoms with Crippen molar-refractivity contribution >= 4 is 5.97 Å². The smallest absolute Gasteiger partial charge is 0.305 e. The normalized spacial score (nSPS) is 10.6. The molecule has 0 fully saturated rings. The number of nitrogens with one attached hydrogen (secondary N) is 1. The minimum absolute atomic E-state index is 0.100. The van der Waals surface area contributed by atoms with E-state index in [2.05, 4.69) is 12.2 Å². The van der Waals surface area contributed by atoms with Gasteiger partial charge >= 0.3 is 5.97 Å². The standard InChI is InChI=1S/C15H31NO3/c1-2-3-4-5-6-7-8-14-19-15(18)10-9-11-16-12-13-17/h16-17H,2-14H2,1H3. The van der Waals surface area contributed by atoms with Crippen molar-refractivity contribution in [3.05, 3.63) is 0 Å². The fraction of sp³-hybridized carbons (Fsp3) is 0.933. The van der Waals surface area contributed by atoms with Crippen molar-refractivity contribution in [3.8, 4) is 0 Å². The maximum atomic E-state index is 11.4. The molecule has 0 spiro atoms. The molecule has 0 aliphatic carbocycles. The van der Waals surface area contributed by atoms with Crippen LogP contribution >= 0.6 is 0 Å². The van der Waals surface area contributed by atoms with E-state index in [4.69, 9.17) is 9.84 Å². The molecule has 0 aliphatic heterocycles. The molecule has 2 N–H and O–H groups in total. The summed E-state index contributed by atoms with van der Waals surface area (Å²) in [6.07, 6.45) is 9.89. The first-order valence-corrected chi connectivity index (χ1v) is 7.78. The van der Waals surface area contributed by atoms with Crippen LogP contribution in [0.4, 0.5) is 0 Å². The molecule has 0 rings (SSSR count). The Morgan fingerprint density at radius 1 is 1.00 bits per heavy atom. The van der Waals surface area contributed by atoms with E-state index in [0.717, 1.165) is 25.8 Å².